The Morgan fingerprint density at radius 3 is 2.44 bits per heavy atom. The molecule has 0 saturated carbocycles. The maximum absolute atomic E-state index is 11.9. The molecule has 1 aliphatic heterocycles. The lowest BCUT2D eigenvalue weighted by atomic mass is 10.1. The minimum absolute atomic E-state index is 0.0335. The highest BCUT2D eigenvalue weighted by Crippen LogP contribution is 2.26. The van der Waals surface area contributed by atoms with E-state index in [1.165, 1.54) is 16.7 Å². The molecule has 96 valence electrons. The Kier molecular flexibility index (Phi) is 4.19. The molecule has 1 aromatic heterocycles. The van der Waals surface area contributed by atoms with Crippen molar-refractivity contribution < 1.29 is 14.7 Å². The summed E-state index contributed by atoms with van der Waals surface area (Å²) in [7, 11) is 0. The van der Waals surface area contributed by atoms with Crippen molar-refractivity contribution in [3.05, 3.63) is 30.1 Å². The monoisotopic (exact) mass is 266 g/mol. The highest BCUT2D eigenvalue weighted by Gasteiger charge is 2.24. The van der Waals surface area contributed by atoms with Crippen molar-refractivity contribution in [3.63, 3.8) is 0 Å². The normalized spacial score (nSPS) is 16.6. The molecular weight excluding hydrogens is 252 g/mol. The van der Waals surface area contributed by atoms with E-state index in [1.54, 1.807) is 24.5 Å². The van der Waals surface area contributed by atoms with Gasteiger partial charge in [-0.3, -0.25) is 9.78 Å². The van der Waals surface area contributed by atoms with Crippen molar-refractivity contribution in [1.82, 2.24) is 9.88 Å². The number of aromatic nitrogens is 1. The standard InChI is InChI=1S/C12H14N2O3S/c15-11(9-1-5-13-6-2-9)18-10-3-7-14(8-4-10)12(16)17/h1-2,5-6,10H,3-4,7-8H2,(H,16,17). The first kappa shape index (κ1) is 12.9. The molecule has 6 heteroatoms. The third-order valence-corrected chi connectivity index (χ3v) is 4.16. The first-order valence-electron chi connectivity index (χ1n) is 5.75. The van der Waals surface area contributed by atoms with E-state index in [-0.39, 0.29) is 10.4 Å². The average molecular weight is 266 g/mol. The van der Waals surface area contributed by atoms with Gasteiger partial charge in [-0.15, -0.1) is 0 Å². The smallest absolute Gasteiger partial charge is 0.407 e. The number of piperidine rings is 1. The number of carbonyl (C=O) groups is 2. The van der Waals surface area contributed by atoms with Gasteiger partial charge in [0.2, 0.25) is 5.12 Å². The van der Waals surface area contributed by atoms with Crippen LogP contribution in [0.2, 0.25) is 0 Å². The third kappa shape index (κ3) is 3.22. The highest BCUT2D eigenvalue weighted by molar-refractivity contribution is 8.14. The maximum atomic E-state index is 11.9. The first-order chi connectivity index (χ1) is 8.66. The molecule has 1 fully saturated rings. The van der Waals surface area contributed by atoms with E-state index in [4.69, 9.17) is 5.11 Å². The summed E-state index contributed by atoms with van der Waals surface area (Å²) in [5.41, 5.74) is 0.649. The number of likely N-dealkylation sites (tertiary alicyclic amines) is 1. The number of rotatable bonds is 2. The van der Waals surface area contributed by atoms with Gasteiger partial charge in [0.25, 0.3) is 0 Å². The third-order valence-electron chi connectivity index (χ3n) is 2.90. The van der Waals surface area contributed by atoms with Crippen molar-refractivity contribution in [2.45, 2.75) is 18.1 Å². The van der Waals surface area contributed by atoms with Gasteiger partial charge in [0.05, 0.1) is 0 Å². The topological polar surface area (TPSA) is 70.5 Å². The molecule has 0 bridgehead atoms. The molecule has 2 heterocycles. The molecule has 0 unspecified atom stereocenters. The number of carboxylic acid groups (broad SMARTS) is 1. The number of amides is 1. The molecule has 0 spiro atoms. The second-order valence-corrected chi connectivity index (χ2v) is 5.38. The summed E-state index contributed by atoms with van der Waals surface area (Å²) in [6.45, 7) is 1.02. The zero-order valence-electron chi connectivity index (χ0n) is 9.78. The molecule has 1 aliphatic rings. The van der Waals surface area contributed by atoms with Crippen molar-refractivity contribution >= 4 is 23.0 Å². The van der Waals surface area contributed by atoms with Gasteiger partial charge in [-0.05, 0) is 25.0 Å². The molecule has 1 amide bonds. The molecule has 1 aromatic rings. The van der Waals surface area contributed by atoms with Crippen LogP contribution in [0.15, 0.2) is 24.5 Å². The average Bonchev–Trinajstić information content (AvgIpc) is 2.40. The number of pyridine rings is 1. The van der Waals surface area contributed by atoms with Gasteiger partial charge in [0.15, 0.2) is 0 Å². The Morgan fingerprint density at radius 2 is 1.89 bits per heavy atom. The number of hydrogen-bond donors (Lipinski definition) is 1. The minimum atomic E-state index is -0.876. The fourth-order valence-electron chi connectivity index (χ4n) is 1.87. The van der Waals surface area contributed by atoms with Crippen LogP contribution in [-0.2, 0) is 0 Å². The fraction of sp³-hybridized carbons (Fsp3) is 0.417. The van der Waals surface area contributed by atoms with E-state index in [0.717, 1.165) is 12.8 Å². The van der Waals surface area contributed by atoms with Crippen molar-refractivity contribution in [1.29, 1.82) is 0 Å². The van der Waals surface area contributed by atoms with Gasteiger partial charge in [-0.25, -0.2) is 4.79 Å². The molecule has 1 N–H and O–H groups in total. The number of nitrogens with zero attached hydrogens (tertiary/aromatic N) is 2. The summed E-state index contributed by atoms with van der Waals surface area (Å²) in [6, 6.07) is 3.39. The molecule has 0 aromatic carbocycles. The number of carbonyl (C=O) groups excluding carboxylic acids is 1. The molecule has 2 rings (SSSR count). The summed E-state index contributed by atoms with van der Waals surface area (Å²) in [4.78, 5) is 28.0. The summed E-state index contributed by atoms with van der Waals surface area (Å²) in [5.74, 6) is 0. The van der Waals surface area contributed by atoms with Gasteiger partial charge >= 0.3 is 6.09 Å². The van der Waals surface area contributed by atoms with E-state index in [9.17, 15) is 9.59 Å². The summed E-state index contributed by atoms with van der Waals surface area (Å²) < 4.78 is 0. The molecular formula is C12H14N2O3S. The maximum Gasteiger partial charge on any atom is 0.407 e. The SMILES string of the molecule is O=C(SC1CCN(C(=O)O)CC1)c1ccncc1. The highest BCUT2D eigenvalue weighted by atomic mass is 32.2. The van der Waals surface area contributed by atoms with Crippen LogP contribution in [-0.4, -0.2) is 44.5 Å². The van der Waals surface area contributed by atoms with Crippen molar-refractivity contribution in [2.75, 3.05) is 13.1 Å². The fourth-order valence-corrected chi connectivity index (χ4v) is 2.89. The van der Waals surface area contributed by atoms with Gasteiger partial charge in [0.1, 0.15) is 0 Å². The zero-order valence-corrected chi connectivity index (χ0v) is 10.6. The lowest BCUT2D eigenvalue weighted by molar-refractivity contribution is 0.108. The Labute approximate surface area is 109 Å². The zero-order chi connectivity index (χ0) is 13.0. The van der Waals surface area contributed by atoms with Crippen LogP contribution in [0.25, 0.3) is 0 Å². The van der Waals surface area contributed by atoms with Crippen LogP contribution in [0.1, 0.15) is 23.2 Å². The van der Waals surface area contributed by atoms with Crippen molar-refractivity contribution in [3.8, 4) is 0 Å². The van der Waals surface area contributed by atoms with E-state index in [0.29, 0.717) is 18.7 Å². The largest absolute Gasteiger partial charge is 0.465 e. The molecule has 0 radical (unpaired) electrons. The van der Waals surface area contributed by atoms with E-state index >= 15 is 0 Å². The lowest BCUT2D eigenvalue weighted by Gasteiger charge is -2.29. The second kappa shape index (κ2) is 5.86. The summed E-state index contributed by atoms with van der Waals surface area (Å²) in [5, 5.41) is 9.07. The van der Waals surface area contributed by atoms with Crippen LogP contribution in [0, 0.1) is 0 Å². The van der Waals surface area contributed by atoms with Gasteiger partial charge in [0, 0.05) is 36.3 Å². The van der Waals surface area contributed by atoms with Crippen LogP contribution >= 0.6 is 11.8 Å². The molecule has 0 atom stereocenters. The van der Waals surface area contributed by atoms with Crippen LogP contribution in [0.5, 0.6) is 0 Å². The van der Waals surface area contributed by atoms with E-state index in [2.05, 4.69) is 4.98 Å². The molecule has 0 aliphatic carbocycles. The predicted octanol–water partition coefficient (Wildman–Crippen LogP) is 2.10. The summed E-state index contributed by atoms with van der Waals surface area (Å²) in [6.07, 6.45) is 3.78. The predicted molar refractivity (Wildman–Crippen MR) is 68.8 cm³/mol. The Hall–Kier alpha value is -1.56. The van der Waals surface area contributed by atoms with Gasteiger partial charge < -0.3 is 10.0 Å². The van der Waals surface area contributed by atoms with Crippen LogP contribution in [0.3, 0.4) is 0 Å². The Balaban J connectivity index is 1.85. The molecule has 1 saturated heterocycles. The van der Waals surface area contributed by atoms with Crippen molar-refractivity contribution in [2.24, 2.45) is 0 Å². The lowest BCUT2D eigenvalue weighted by Crippen LogP contribution is -2.38. The summed E-state index contributed by atoms with van der Waals surface area (Å²) >= 11 is 1.30. The Morgan fingerprint density at radius 1 is 1.28 bits per heavy atom. The Bertz CT molecular complexity index is 430. The number of thioether (sulfide) groups is 1. The molecule has 5 nitrogen and oxygen atoms in total. The second-order valence-electron chi connectivity index (χ2n) is 4.11. The molecule has 18 heavy (non-hydrogen) atoms. The van der Waals surface area contributed by atoms with Gasteiger partial charge in [-0.2, -0.15) is 0 Å². The quantitative estimate of drug-likeness (QED) is 0.887. The van der Waals surface area contributed by atoms with Gasteiger partial charge in [-0.1, -0.05) is 11.8 Å². The van der Waals surface area contributed by atoms with Crippen LogP contribution in [0.4, 0.5) is 4.79 Å². The van der Waals surface area contributed by atoms with E-state index in [1.807, 2.05) is 0 Å². The number of hydrogen-bond acceptors (Lipinski definition) is 4. The minimum Gasteiger partial charge on any atom is -0.465 e. The van der Waals surface area contributed by atoms with E-state index < -0.39 is 6.09 Å². The van der Waals surface area contributed by atoms with Crippen LogP contribution < -0.4 is 0 Å². The first-order valence-corrected chi connectivity index (χ1v) is 6.63.